The van der Waals surface area contributed by atoms with Gasteiger partial charge in [-0.3, -0.25) is 4.79 Å². The molecule has 0 aliphatic heterocycles. The van der Waals surface area contributed by atoms with E-state index in [1.165, 1.54) is 6.42 Å². The third-order valence-corrected chi connectivity index (χ3v) is 4.76. The summed E-state index contributed by atoms with van der Waals surface area (Å²) in [5, 5.41) is 2.98. The molecule has 1 N–H and O–H groups in total. The maximum Gasteiger partial charge on any atom is 0.344 e. The van der Waals surface area contributed by atoms with Crippen molar-refractivity contribution >= 4 is 11.9 Å². The molecule has 0 spiro atoms. The van der Waals surface area contributed by atoms with Crippen LogP contribution in [0.4, 0.5) is 0 Å². The van der Waals surface area contributed by atoms with Crippen LogP contribution in [0.25, 0.3) is 0 Å². The normalized spacial score (nSPS) is 23.4. The summed E-state index contributed by atoms with van der Waals surface area (Å²) >= 11 is 0. The van der Waals surface area contributed by atoms with Crippen molar-refractivity contribution in [2.75, 3.05) is 13.2 Å². The van der Waals surface area contributed by atoms with E-state index in [-0.39, 0.29) is 25.2 Å². The number of esters is 1. The molecule has 132 valence electrons. The standard InChI is InChI=1S/C19H27NO4/c1-13-6-4-8-16(10-13)23-12-19(22)24-11-18(21)20-17-9-5-7-14(2)15(17)3/h4,6,8,10,14-15,17H,5,7,9,11-12H2,1-3H3,(H,20,21)/t14-,15+,17+/m1/s1. The molecule has 0 saturated heterocycles. The van der Waals surface area contributed by atoms with Gasteiger partial charge in [0.1, 0.15) is 5.75 Å². The Morgan fingerprint density at radius 2 is 2.00 bits per heavy atom. The van der Waals surface area contributed by atoms with Crippen LogP contribution in [0.3, 0.4) is 0 Å². The third kappa shape index (κ3) is 5.55. The molecule has 0 bridgehead atoms. The van der Waals surface area contributed by atoms with E-state index in [4.69, 9.17) is 9.47 Å². The molecule has 1 aromatic rings. The number of ether oxygens (including phenoxy) is 2. The Morgan fingerprint density at radius 3 is 2.75 bits per heavy atom. The molecule has 0 heterocycles. The van der Waals surface area contributed by atoms with Crippen LogP contribution in [0.15, 0.2) is 24.3 Å². The van der Waals surface area contributed by atoms with Crippen LogP contribution in [-0.4, -0.2) is 31.1 Å². The average Bonchev–Trinajstić information content (AvgIpc) is 2.55. The van der Waals surface area contributed by atoms with Crippen molar-refractivity contribution in [3.05, 3.63) is 29.8 Å². The lowest BCUT2D eigenvalue weighted by Gasteiger charge is -2.34. The summed E-state index contributed by atoms with van der Waals surface area (Å²) in [5.74, 6) is 0.875. The number of carbonyl (C=O) groups is 2. The van der Waals surface area contributed by atoms with Gasteiger partial charge in [-0.2, -0.15) is 0 Å². The van der Waals surface area contributed by atoms with Gasteiger partial charge in [0.25, 0.3) is 5.91 Å². The molecule has 0 radical (unpaired) electrons. The Bertz CT molecular complexity index is 572. The topological polar surface area (TPSA) is 64.6 Å². The number of benzene rings is 1. The molecular weight excluding hydrogens is 306 g/mol. The summed E-state index contributed by atoms with van der Waals surface area (Å²) in [4.78, 5) is 23.6. The molecular formula is C19H27NO4. The molecule has 0 unspecified atom stereocenters. The first kappa shape index (κ1) is 18.3. The number of amides is 1. The summed E-state index contributed by atoms with van der Waals surface area (Å²) in [7, 11) is 0. The molecule has 0 aromatic heterocycles. The molecule has 2 rings (SSSR count). The van der Waals surface area contributed by atoms with Crippen LogP contribution in [0.2, 0.25) is 0 Å². The molecule has 5 nitrogen and oxygen atoms in total. The van der Waals surface area contributed by atoms with E-state index in [1.807, 2.05) is 25.1 Å². The Labute approximate surface area is 143 Å². The minimum atomic E-state index is -0.545. The second-order valence-corrected chi connectivity index (χ2v) is 6.71. The Balaban J connectivity index is 1.68. The molecule has 1 aromatic carbocycles. The number of nitrogens with one attached hydrogen (secondary N) is 1. The number of aryl methyl sites for hydroxylation is 1. The van der Waals surface area contributed by atoms with E-state index in [2.05, 4.69) is 19.2 Å². The van der Waals surface area contributed by atoms with Crippen molar-refractivity contribution in [2.24, 2.45) is 11.8 Å². The minimum absolute atomic E-state index is 0.170. The largest absolute Gasteiger partial charge is 0.482 e. The van der Waals surface area contributed by atoms with Gasteiger partial charge in [0.15, 0.2) is 13.2 Å². The van der Waals surface area contributed by atoms with E-state index in [9.17, 15) is 9.59 Å². The van der Waals surface area contributed by atoms with Crippen LogP contribution in [0.5, 0.6) is 5.75 Å². The molecule has 5 heteroatoms. The predicted octanol–water partition coefficient (Wildman–Crippen LogP) is 2.86. The highest BCUT2D eigenvalue weighted by Gasteiger charge is 2.28. The molecule has 1 saturated carbocycles. The lowest BCUT2D eigenvalue weighted by Crippen LogP contribution is -2.45. The lowest BCUT2D eigenvalue weighted by atomic mass is 9.78. The van der Waals surface area contributed by atoms with Crippen LogP contribution in [0, 0.1) is 18.8 Å². The molecule has 1 aliphatic rings. The van der Waals surface area contributed by atoms with E-state index in [1.54, 1.807) is 6.07 Å². The van der Waals surface area contributed by atoms with Gasteiger partial charge < -0.3 is 14.8 Å². The Morgan fingerprint density at radius 1 is 1.21 bits per heavy atom. The summed E-state index contributed by atoms with van der Waals surface area (Å²) in [6, 6.07) is 7.59. The monoisotopic (exact) mass is 333 g/mol. The minimum Gasteiger partial charge on any atom is -0.482 e. The fraction of sp³-hybridized carbons (Fsp3) is 0.579. The fourth-order valence-electron chi connectivity index (χ4n) is 3.07. The summed E-state index contributed by atoms with van der Waals surface area (Å²) in [6.07, 6.45) is 3.32. The van der Waals surface area contributed by atoms with Gasteiger partial charge in [-0.25, -0.2) is 4.79 Å². The van der Waals surface area contributed by atoms with E-state index < -0.39 is 5.97 Å². The number of hydrogen-bond donors (Lipinski definition) is 1. The highest BCUT2D eigenvalue weighted by atomic mass is 16.6. The highest BCUT2D eigenvalue weighted by Crippen LogP contribution is 2.29. The van der Waals surface area contributed by atoms with Gasteiger partial charge in [0.2, 0.25) is 0 Å². The van der Waals surface area contributed by atoms with Gasteiger partial charge in [0.05, 0.1) is 0 Å². The van der Waals surface area contributed by atoms with Crippen molar-refractivity contribution in [2.45, 2.75) is 46.1 Å². The second-order valence-electron chi connectivity index (χ2n) is 6.71. The van der Waals surface area contributed by atoms with Crippen molar-refractivity contribution < 1.29 is 19.1 Å². The van der Waals surface area contributed by atoms with Gasteiger partial charge in [-0.1, -0.05) is 38.8 Å². The quantitative estimate of drug-likeness (QED) is 0.813. The van der Waals surface area contributed by atoms with Gasteiger partial charge in [-0.15, -0.1) is 0 Å². The van der Waals surface area contributed by atoms with Crippen LogP contribution in [0.1, 0.15) is 38.7 Å². The molecule has 1 aliphatic carbocycles. The highest BCUT2D eigenvalue weighted by molar-refractivity contribution is 5.81. The summed E-state index contributed by atoms with van der Waals surface area (Å²) in [5.41, 5.74) is 1.05. The molecule has 24 heavy (non-hydrogen) atoms. The van der Waals surface area contributed by atoms with Crippen LogP contribution >= 0.6 is 0 Å². The van der Waals surface area contributed by atoms with Gasteiger partial charge in [0, 0.05) is 6.04 Å². The number of hydrogen-bond acceptors (Lipinski definition) is 4. The molecule has 1 amide bonds. The number of rotatable bonds is 6. The second kappa shape index (κ2) is 8.71. The summed E-state index contributed by atoms with van der Waals surface area (Å²) < 4.78 is 10.3. The average molecular weight is 333 g/mol. The third-order valence-electron chi connectivity index (χ3n) is 4.76. The first-order valence-electron chi connectivity index (χ1n) is 8.60. The maximum atomic E-state index is 12.0. The lowest BCUT2D eigenvalue weighted by molar-refractivity contribution is -0.150. The van der Waals surface area contributed by atoms with Crippen LogP contribution < -0.4 is 10.1 Å². The summed E-state index contributed by atoms with van der Waals surface area (Å²) in [6.45, 7) is 5.87. The van der Waals surface area contributed by atoms with Crippen LogP contribution in [-0.2, 0) is 14.3 Å². The van der Waals surface area contributed by atoms with Crippen molar-refractivity contribution in [1.29, 1.82) is 0 Å². The van der Waals surface area contributed by atoms with Gasteiger partial charge in [-0.05, 0) is 42.9 Å². The zero-order chi connectivity index (χ0) is 17.5. The zero-order valence-corrected chi connectivity index (χ0v) is 14.7. The van der Waals surface area contributed by atoms with Gasteiger partial charge >= 0.3 is 5.97 Å². The van der Waals surface area contributed by atoms with E-state index in [0.717, 1.165) is 18.4 Å². The Hall–Kier alpha value is -2.04. The van der Waals surface area contributed by atoms with Crippen molar-refractivity contribution in [3.63, 3.8) is 0 Å². The predicted molar refractivity (Wildman–Crippen MR) is 91.7 cm³/mol. The van der Waals surface area contributed by atoms with Crippen molar-refractivity contribution in [1.82, 2.24) is 5.32 Å². The smallest absolute Gasteiger partial charge is 0.344 e. The van der Waals surface area contributed by atoms with Crippen molar-refractivity contribution in [3.8, 4) is 5.75 Å². The fourth-order valence-corrected chi connectivity index (χ4v) is 3.07. The first-order valence-corrected chi connectivity index (χ1v) is 8.60. The maximum absolute atomic E-state index is 12.0. The SMILES string of the molecule is Cc1cccc(OCC(=O)OCC(=O)N[C@H]2CCC[C@@H](C)[C@@H]2C)c1. The first-order chi connectivity index (χ1) is 11.5. The Kier molecular flexibility index (Phi) is 6.64. The molecule has 3 atom stereocenters. The van der Waals surface area contributed by atoms with E-state index in [0.29, 0.717) is 17.6 Å². The zero-order valence-electron chi connectivity index (χ0n) is 14.7. The molecule has 1 fully saturated rings. The number of carbonyl (C=O) groups excluding carboxylic acids is 2. The van der Waals surface area contributed by atoms with E-state index >= 15 is 0 Å².